The third-order valence-electron chi connectivity index (χ3n) is 7.93. The lowest BCUT2D eigenvalue weighted by atomic mass is 9.75. The molecule has 0 atom stereocenters. The van der Waals surface area contributed by atoms with Crippen LogP contribution in [0.3, 0.4) is 0 Å². The molecule has 0 unspecified atom stereocenters. The Bertz CT molecular complexity index is 836. The summed E-state index contributed by atoms with van der Waals surface area (Å²) in [7, 11) is 4.29. The maximum absolute atomic E-state index is 12.6. The van der Waals surface area contributed by atoms with E-state index in [9.17, 15) is 9.59 Å². The predicted molar refractivity (Wildman–Crippen MR) is 132 cm³/mol. The molecule has 1 spiro atoms. The maximum atomic E-state index is 12.6. The predicted octanol–water partition coefficient (Wildman–Crippen LogP) is 3.39. The van der Waals surface area contributed by atoms with Crippen molar-refractivity contribution in [3.8, 4) is 0 Å². The smallest absolute Gasteiger partial charge is 0.223 e. The van der Waals surface area contributed by atoms with E-state index in [1.165, 1.54) is 5.56 Å². The first-order valence-electron chi connectivity index (χ1n) is 12.6. The van der Waals surface area contributed by atoms with Crippen LogP contribution in [0.4, 0.5) is 0 Å². The number of likely N-dealkylation sites (N-methyl/N-ethyl adjacent to an activating group) is 1. The van der Waals surface area contributed by atoms with Crippen molar-refractivity contribution in [2.75, 3.05) is 40.4 Å². The molecular formula is C26H38ClN3O4. The summed E-state index contributed by atoms with van der Waals surface area (Å²) in [5.74, 6) is -0.463. The number of nitrogens with zero attached hydrogens (tertiary/aromatic N) is 2. The molecule has 1 aromatic rings. The normalized spacial score (nSPS) is 26.7. The molecule has 1 saturated carbocycles. The molecule has 34 heavy (non-hydrogen) atoms. The van der Waals surface area contributed by atoms with Gasteiger partial charge in [-0.25, -0.2) is 0 Å². The summed E-state index contributed by atoms with van der Waals surface area (Å²) in [6.07, 6.45) is 6.81. The zero-order chi connectivity index (χ0) is 24.2. The topological polar surface area (TPSA) is 71.1 Å². The number of carbonyl (C=O) groups is 2. The lowest BCUT2D eigenvalue weighted by Crippen LogP contribution is -2.52. The molecule has 0 bridgehead atoms. The van der Waals surface area contributed by atoms with E-state index in [1.54, 1.807) is 0 Å². The minimum absolute atomic E-state index is 0.0238. The summed E-state index contributed by atoms with van der Waals surface area (Å²) < 4.78 is 11.5. The van der Waals surface area contributed by atoms with Crippen LogP contribution in [0.5, 0.6) is 0 Å². The van der Waals surface area contributed by atoms with Crippen LogP contribution in [0.25, 0.3) is 0 Å². The highest BCUT2D eigenvalue weighted by Crippen LogP contribution is 2.36. The number of piperidine rings is 1. The third-order valence-corrected chi connectivity index (χ3v) is 8.19. The lowest BCUT2D eigenvalue weighted by Gasteiger charge is -2.45. The molecule has 1 aliphatic carbocycles. The molecule has 3 aliphatic rings. The molecule has 7 nitrogen and oxygen atoms in total. The van der Waals surface area contributed by atoms with Crippen LogP contribution in [0.15, 0.2) is 24.3 Å². The van der Waals surface area contributed by atoms with Gasteiger partial charge in [-0.1, -0.05) is 23.7 Å². The Kier molecular flexibility index (Phi) is 8.18. The fourth-order valence-electron chi connectivity index (χ4n) is 5.62. The molecule has 1 N–H and O–H groups in total. The van der Waals surface area contributed by atoms with Crippen molar-refractivity contribution in [3.63, 3.8) is 0 Å². The summed E-state index contributed by atoms with van der Waals surface area (Å²) in [6.45, 7) is 2.52. The third kappa shape index (κ3) is 6.11. The first-order valence-corrected chi connectivity index (χ1v) is 12.9. The van der Waals surface area contributed by atoms with Crippen LogP contribution >= 0.6 is 11.6 Å². The number of halogens is 1. The quantitative estimate of drug-likeness (QED) is 0.633. The van der Waals surface area contributed by atoms with Crippen LogP contribution in [-0.2, 0) is 25.5 Å². The number of hydrogen-bond acceptors (Lipinski definition) is 5. The molecule has 4 rings (SSSR count). The lowest BCUT2D eigenvalue weighted by molar-refractivity contribution is -0.187. The van der Waals surface area contributed by atoms with E-state index in [2.05, 4.69) is 36.4 Å². The minimum atomic E-state index is -0.482. The summed E-state index contributed by atoms with van der Waals surface area (Å²) >= 11 is 6.05. The number of benzene rings is 1. The van der Waals surface area contributed by atoms with Gasteiger partial charge in [-0.2, -0.15) is 0 Å². The highest BCUT2D eigenvalue weighted by atomic mass is 35.5. The van der Waals surface area contributed by atoms with E-state index in [4.69, 9.17) is 21.1 Å². The van der Waals surface area contributed by atoms with Crippen LogP contribution < -0.4 is 5.32 Å². The second-order valence-electron chi connectivity index (χ2n) is 10.3. The van der Waals surface area contributed by atoms with Crippen molar-refractivity contribution in [2.45, 2.75) is 75.2 Å². The van der Waals surface area contributed by atoms with Gasteiger partial charge in [-0.05, 0) is 63.9 Å². The summed E-state index contributed by atoms with van der Waals surface area (Å²) in [5, 5.41) is 3.94. The van der Waals surface area contributed by atoms with E-state index < -0.39 is 5.79 Å². The van der Waals surface area contributed by atoms with Crippen molar-refractivity contribution >= 4 is 23.4 Å². The molecule has 2 saturated heterocycles. The molecule has 2 aliphatic heterocycles. The summed E-state index contributed by atoms with van der Waals surface area (Å²) in [5.41, 5.74) is 1.37. The maximum Gasteiger partial charge on any atom is 0.223 e. The van der Waals surface area contributed by atoms with E-state index in [0.29, 0.717) is 39.1 Å². The van der Waals surface area contributed by atoms with Crippen LogP contribution in [-0.4, -0.2) is 79.4 Å². The van der Waals surface area contributed by atoms with Crippen LogP contribution in [0.2, 0.25) is 5.02 Å². The Balaban J connectivity index is 1.19. The van der Waals surface area contributed by atoms with Gasteiger partial charge in [0.15, 0.2) is 5.79 Å². The molecular weight excluding hydrogens is 454 g/mol. The van der Waals surface area contributed by atoms with E-state index >= 15 is 0 Å². The minimum Gasteiger partial charge on any atom is -0.353 e. The van der Waals surface area contributed by atoms with E-state index in [0.717, 1.165) is 37.1 Å². The van der Waals surface area contributed by atoms with Gasteiger partial charge in [0.25, 0.3) is 0 Å². The molecule has 0 radical (unpaired) electrons. The second-order valence-corrected chi connectivity index (χ2v) is 10.7. The number of amides is 2. The van der Waals surface area contributed by atoms with Crippen molar-refractivity contribution in [1.29, 1.82) is 0 Å². The average molecular weight is 492 g/mol. The van der Waals surface area contributed by atoms with Crippen molar-refractivity contribution < 1.29 is 19.1 Å². The zero-order valence-electron chi connectivity index (χ0n) is 20.5. The molecule has 3 fully saturated rings. The average Bonchev–Trinajstić information content (AvgIpc) is 3.28. The first-order chi connectivity index (χ1) is 16.3. The Hall–Kier alpha value is -1.67. The van der Waals surface area contributed by atoms with Gasteiger partial charge in [0.1, 0.15) is 0 Å². The first kappa shape index (κ1) is 25.4. The molecule has 188 valence electrons. The Morgan fingerprint density at radius 1 is 1.03 bits per heavy atom. The molecule has 1 aromatic carbocycles. The van der Waals surface area contributed by atoms with Crippen molar-refractivity contribution in [3.05, 3.63) is 34.9 Å². The van der Waals surface area contributed by atoms with Crippen LogP contribution in [0, 0.1) is 0 Å². The zero-order valence-corrected chi connectivity index (χ0v) is 21.2. The Morgan fingerprint density at radius 2 is 1.65 bits per heavy atom. The monoisotopic (exact) mass is 491 g/mol. The van der Waals surface area contributed by atoms with Crippen LogP contribution in [0.1, 0.15) is 56.9 Å². The number of likely N-dealkylation sites (tertiary alicyclic amines) is 1. The number of carbonyl (C=O) groups excluding carboxylic acids is 2. The van der Waals surface area contributed by atoms with Gasteiger partial charge in [0.2, 0.25) is 11.8 Å². The Labute approximate surface area is 208 Å². The SMILES string of the molecule is CN(C)C1(Cc2ccc(Cl)cc2)CCC(NC(=O)CCC(=O)N2CCC3(CC2)OCCO3)CC1. The fraction of sp³-hybridized carbons (Fsp3) is 0.692. The standard InChI is InChI=1S/C26H38ClN3O4/c1-29(2)25(19-20-3-5-21(27)6-4-20)11-9-22(10-12-25)28-23(31)7-8-24(32)30-15-13-26(14-16-30)33-17-18-34-26/h3-6,22H,7-19H2,1-2H3,(H,28,31). The van der Waals surface area contributed by atoms with Crippen molar-refractivity contribution in [2.24, 2.45) is 0 Å². The van der Waals surface area contributed by atoms with E-state index in [-0.39, 0.29) is 36.2 Å². The van der Waals surface area contributed by atoms with Gasteiger partial charge in [0.05, 0.1) is 13.2 Å². The summed E-state index contributed by atoms with van der Waals surface area (Å²) in [6, 6.07) is 8.28. The fourth-order valence-corrected chi connectivity index (χ4v) is 5.75. The van der Waals surface area contributed by atoms with Crippen molar-refractivity contribution in [1.82, 2.24) is 15.1 Å². The van der Waals surface area contributed by atoms with Gasteiger partial charge < -0.3 is 24.6 Å². The highest BCUT2D eigenvalue weighted by Gasteiger charge is 2.41. The molecule has 0 aromatic heterocycles. The van der Waals surface area contributed by atoms with Gasteiger partial charge in [0, 0.05) is 55.4 Å². The van der Waals surface area contributed by atoms with E-state index in [1.807, 2.05) is 17.0 Å². The van der Waals surface area contributed by atoms with Gasteiger partial charge >= 0.3 is 0 Å². The number of hydrogen-bond donors (Lipinski definition) is 1. The highest BCUT2D eigenvalue weighted by molar-refractivity contribution is 6.30. The number of ether oxygens (including phenoxy) is 2. The summed E-state index contributed by atoms with van der Waals surface area (Å²) in [4.78, 5) is 29.4. The second kappa shape index (κ2) is 10.9. The van der Waals surface area contributed by atoms with Gasteiger partial charge in [-0.3, -0.25) is 9.59 Å². The number of nitrogens with one attached hydrogen (secondary N) is 1. The Morgan fingerprint density at radius 3 is 2.24 bits per heavy atom. The molecule has 2 amide bonds. The number of rotatable bonds is 7. The molecule has 8 heteroatoms. The molecule has 2 heterocycles. The van der Waals surface area contributed by atoms with Gasteiger partial charge in [-0.15, -0.1) is 0 Å². The largest absolute Gasteiger partial charge is 0.353 e.